The van der Waals surface area contributed by atoms with Crippen molar-refractivity contribution < 1.29 is 9.84 Å². The summed E-state index contributed by atoms with van der Waals surface area (Å²) < 4.78 is 5.56. The first-order chi connectivity index (χ1) is 12.3. The van der Waals surface area contributed by atoms with Gasteiger partial charge in [-0.1, -0.05) is 30.3 Å². The SMILES string of the molecule is CCNC(=NCC1(CCO)CCOC1)NCC1CC1c1ccccc1.I. The summed E-state index contributed by atoms with van der Waals surface area (Å²) in [5, 5.41) is 16.2. The van der Waals surface area contributed by atoms with Crippen LogP contribution in [0.25, 0.3) is 0 Å². The third-order valence-electron chi connectivity index (χ3n) is 5.43. The summed E-state index contributed by atoms with van der Waals surface area (Å²) >= 11 is 0. The van der Waals surface area contributed by atoms with E-state index in [0.717, 1.165) is 38.5 Å². The van der Waals surface area contributed by atoms with Crippen LogP contribution in [0.4, 0.5) is 0 Å². The number of hydrogen-bond acceptors (Lipinski definition) is 3. The molecular formula is C20H32IN3O2. The molecule has 1 aromatic rings. The first-order valence-corrected chi connectivity index (χ1v) is 9.52. The molecule has 2 fully saturated rings. The van der Waals surface area contributed by atoms with Crippen molar-refractivity contribution in [3.05, 3.63) is 35.9 Å². The summed E-state index contributed by atoms with van der Waals surface area (Å²) in [5.41, 5.74) is 1.45. The monoisotopic (exact) mass is 473 g/mol. The van der Waals surface area contributed by atoms with Gasteiger partial charge in [0.1, 0.15) is 0 Å². The largest absolute Gasteiger partial charge is 0.396 e. The number of aliphatic hydroxyl groups excluding tert-OH is 1. The van der Waals surface area contributed by atoms with Crippen molar-refractivity contribution >= 4 is 29.9 Å². The lowest BCUT2D eigenvalue weighted by Crippen LogP contribution is -2.39. The minimum Gasteiger partial charge on any atom is -0.396 e. The number of nitrogens with zero attached hydrogens (tertiary/aromatic N) is 1. The van der Waals surface area contributed by atoms with Crippen LogP contribution in [-0.4, -0.2) is 50.5 Å². The van der Waals surface area contributed by atoms with Gasteiger partial charge < -0.3 is 20.5 Å². The molecule has 0 aromatic heterocycles. The predicted octanol–water partition coefficient (Wildman–Crippen LogP) is 2.75. The van der Waals surface area contributed by atoms with Gasteiger partial charge in [0.2, 0.25) is 0 Å². The Balaban J connectivity index is 0.00000243. The number of rotatable bonds is 8. The molecule has 0 amide bonds. The Kier molecular flexibility index (Phi) is 8.63. The average molecular weight is 473 g/mol. The minimum atomic E-state index is 0. The summed E-state index contributed by atoms with van der Waals surface area (Å²) in [6.07, 6.45) is 2.99. The maximum absolute atomic E-state index is 9.35. The molecule has 1 saturated heterocycles. The van der Waals surface area contributed by atoms with Gasteiger partial charge >= 0.3 is 0 Å². The van der Waals surface area contributed by atoms with E-state index in [-0.39, 0.29) is 36.0 Å². The molecule has 0 bridgehead atoms. The third-order valence-corrected chi connectivity index (χ3v) is 5.43. The van der Waals surface area contributed by atoms with E-state index in [2.05, 4.69) is 47.9 Å². The standard InChI is InChI=1S/C20H31N3O2.HI/c1-2-21-19(23-14-20(8-10-24)9-11-25-15-20)22-13-17-12-18(17)16-6-4-3-5-7-16;/h3-7,17-18,24H,2,8-15H2,1H3,(H2,21,22,23);1H. The van der Waals surface area contributed by atoms with Gasteiger partial charge in [-0.05, 0) is 43.6 Å². The quantitative estimate of drug-likeness (QED) is 0.309. The number of aliphatic hydroxyl groups is 1. The summed E-state index contributed by atoms with van der Waals surface area (Å²) in [7, 11) is 0. The van der Waals surface area contributed by atoms with E-state index in [9.17, 15) is 5.11 Å². The smallest absolute Gasteiger partial charge is 0.191 e. The van der Waals surface area contributed by atoms with E-state index in [0.29, 0.717) is 25.0 Å². The lowest BCUT2D eigenvalue weighted by atomic mass is 9.84. The average Bonchev–Trinajstić information content (AvgIpc) is 3.28. The number of benzene rings is 1. The number of aliphatic imine (C=N–C) groups is 1. The Labute approximate surface area is 174 Å². The highest BCUT2D eigenvalue weighted by molar-refractivity contribution is 14.0. The summed E-state index contributed by atoms with van der Waals surface area (Å²) in [5.74, 6) is 2.25. The van der Waals surface area contributed by atoms with Crippen LogP contribution >= 0.6 is 24.0 Å². The van der Waals surface area contributed by atoms with Gasteiger partial charge in [-0.2, -0.15) is 0 Å². The fourth-order valence-corrected chi connectivity index (χ4v) is 3.69. The third kappa shape index (κ3) is 5.82. The second-order valence-electron chi connectivity index (χ2n) is 7.37. The Bertz CT molecular complexity index is 561. The van der Waals surface area contributed by atoms with Crippen molar-refractivity contribution in [3.8, 4) is 0 Å². The number of halogens is 1. The van der Waals surface area contributed by atoms with E-state index >= 15 is 0 Å². The van der Waals surface area contributed by atoms with Crippen molar-refractivity contribution in [2.45, 2.75) is 32.1 Å². The van der Waals surface area contributed by atoms with Gasteiger partial charge in [-0.15, -0.1) is 24.0 Å². The molecule has 3 rings (SSSR count). The number of guanidine groups is 1. The molecule has 5 nitrogen and oxygen atoms in total. The first kappa shape index (κ1) is 21.4. The summed E-state index contributed by atoms with van der Waals surface area (Å²) in [4.78, 5) is 4.79. The van der Waals surface area contributed by atoms with E-state index in [1.54, 1.807) is 0 Å². The van der Waals surface area contributed by atoms with E-state index < -0.39 is 0 Å². The highest BCUT2D eigenvalue weighted by Crippen LogP contribution is 2.46. The molecule has 6 heteroatoms. The van der Waals surface area contributed by atoms with Crippen LogP contribution in [0.1, 0.15) is 37.7 Å². The van der Waals surface area contributed by atoms with E-state index in [1.165, 1.54) is 12.0 Å². The molecule has 3 N–H and O–H groups in total. The molecule has 2 aliphatic rings. The zero-order chi connectivity index (χ0) is 17.5. The van der Waals surface area contributed by atoms with Gasteiger partial charge in [-0.25, -0.2) is 0 Å². The molecule has 0 spiro atoms. The maximum atomic E-state index is 9.35. The van der Waals surface area contributed by atoms with Crippen LogP contribution < -0.4 is 10.6 Å². The van der Waals surface area contributed by atoms with Crippen LogP contribution in [0.3, 0.4) is 0 Å². The van der Waals surface area contributed by atoms with E-state index in [1.807, 2.05) is 0 Å². The van der Waals surface area contributed by atoms with Gasteiger partial charge in [0.05, 0.1) is 13.2 Å². The van der Waals surface area contributed by atoms with Crippen LogP contribution in [-0.2, 0) is 4.74 Å². The summed E-state index contributed by atoms with van der Waals surface area (Å²) in [6, 6.07) is 10.8. The molecular weight excluding hydrogens is 441 g/mol. The molecule has 1 saturated carbocycles. The summed E-state index contributed by atoms with van der Waals surface area (Å²) in [6.45, 7) is 6.27. The van der Waals surface area contributed by atoms with Crippen LogP contribution in [0.2, 0.25) is 0 Å². The molecule has 146 valence electrons. The molecule has 1 heterocycles. The fourth-order valence-electron chi connectivity index (χ4n) is 3.69. The maximum Gasteiger partial charge on any atom is 0.191 e. The molecule has 26 heavy (non-hydrogen) atoms. The molecule has 1 aliphatic heterocycles. The molecule has 3 atom stereocenters. The van der Waals surface area contributed by atoms with Crippen LogP contribution in [0.5, 0.6) is 0 Å². The fraction of sp³-hybridized carbons (Fsp3) is 0.650. The van der Waals surface area contributed by atoms with Gasteiger partial charge in [-0.3, -0.25) is 4.99 Å². The second kappa shape index (κ2) is 10.5. The minimum absolute atomic E-state index is 0. The number of ether oxygens (including phenoxy) is 1. The zero-order valence-corrected chi connectivity index (χ0v) is 17.9. The Morgan fingerprint density at radius 2 is 2.12 bits per heavy atom. The normalized spacial score (nSPS) is 27.7. The van der Waals surface area contributed by atoms with Crippen molar-refractivity contribution in [1.29, 1.82) is 0 Å². The first-order valence-electron chi connectivity index (χ1n) is 9.52. The molecule has 0 radical (unpaired) electrons. The Morgan fingerprint density at radius 3 is 2.77 bits per heavy atom. The van der Waals surface area contributed by atoms with Crippen LogP contribution in [0.15, 0.2) is 35.3 Å². The molecule has 1 aromatic carbocycles. The number of hydrogen-bond donors (Lipinski definition) is 3. The van der Waals surface area contributed by atoms with Crippen LogP contribution in [0, 0.1) is 11.3 Å². The Morgan fingerprint density at radius 1 is 1.31 bits per heavy atom. The highest BCUT2D eigenvalue weighted by atomic mass is 127. The molecule has 1 aliphatic carbocycles. The molecule has 3 unspecified atom stereocenters. The van der Waals surface area contributed by atoms with E-state index in [4.69, 9.17) is 9.73 Å². The lowest BCUT2D eigenvalue weighted by Gasteiger charge is -2.24. The Hall–Kier alpha value is -0.860. The van der Waals surface area contributed by atoms with Crippen molar-refractivity contribution in [2.24, 2.45) is 16.3 Å². The lowest BCUT2D eigenvalue weighted by molar-refractivity contribution is 0.131. The zero-order valence-electron chi connectivity index (χ0n) is 15.6. The van der Waals surface area contributed by atoms with Crippen molar-refractivity contribution in [2.75, 3.05) is 39.5 Å². The van der Waals surface area contributed by atoms with Gasteiger partial charge in [0.25, 0.3) is 0 Å². The van der Waals surface area contributed by atoms with Crippen molar-refractivity contribution in [3.63, 3.8) is 0 Å². The van der Waals surface area contributed by atoms with Gasteiger partial charge in [0.15, 0.2) is 5.96 Å². The van der Waals surface area contributed by atoms with Crippen molar-refractivity contribution in [1.82, 2.24) is 10.6 Å². The van der Waals surface area contributed by atoms with Gasteiger partial charge in [0, 0.05) is 31.7 Å². The topological polar surface area (TPSA) is 65.9 Å². The second-order valence-corrected chi connectivity index (χ2v) is 7.37. The predicted molar refractivity (Wildman–Crippen MR) is 116 cm³/mol. The highest BCUT2D eigenvalue weighted by Gasteiger charge is 2.38. The number of nitrogens with one attached hydrogen (secondary N) is 2.